The maximum atomic E-state index is 12.3. The van der Waals surface area contributed by atoms with Gasteiger partial charge in [0.05, 0.1) is 12.1 Å². The first kappa shape index (κ1) is 14.4. The SMILES string of the molecule is COc1cccc([C@H]2CC(=O)Sc3c2c2ccccc2n3C)c1. The van der Waals surface area contributed by atoms with E-state index in [2.05, 4.69) is 28.8 Å². The van der Waals surface area contributed by atoms with Crippen molar-refractivity contribution in [1.82, 2.24) is 4.57 Å². The van der Waals surface area contributed by atoms with E-state index in [1.807, 2.05) is 31.3 Å². The van der Waals surface area contributed by atoms with Gasteiger partial charge >= 0.3 is 0 Å². The van der Waals surface area contributed by atoms with Gasteiger partial charge in [0, 0.05) is 35.9 Å². The van der Waals surface area contributed by atoms with Crippen molar-refractivity contribution < 1.29 is 9.53 Å². The van der Waals surface area contributed by atoms with E-state index < -0.39 is 0 Å². The maximum absolute atomic E-state index is 12.3. The molecule has 0 amide bonds. The summed E-state index contributed by atoms with van der Waals surface area (Å²) in [5.74, 6) is 0.912. The molecule has 1 aromatic heterocycles. The van der Waals surface area contributed by atoms with Crippen molar-refractivity contribution in [3.63, 3.8) is 0 Å². The molecular weight excluding hydrogens is 306 g/mol. The van der Waals surface area contributed by atoms with Crippen molar-refractivity contribution in [3.8, 4) is 5.75 Å². The van der Waals surface area contributed by atoms with Gasteiger partial charge in [0.2, 0.25) is 0 Å². The summed E-state index contributed by atoms with van der Waals surface area (Å²) in [4.78, 5) is 12.3. The highest BCUT2D eigenvalue weighted by atomic mass is 32.2. The molecule has 0 saturated heterocycles. The monoisotopic (exact) mass is 323 g/mol. The zero-order chi connectivity index (χ0) is 16.0. The molecule has 1 aliphatic rings. The van der Waals surface area contributed by atoms with Crippen LogP contribution >= 0.6 is 11.8 Å². The Morgan fingerprint density at radius 1 is 1.17 bits per heavy atom. The molecule has 0 saturated carbocycles. The van der Waals surface area contributed by atoms with E-state index >= 15 is 0 Å². The molecular formula is C19H17NO2S. The van der Waals surface area contributed by atoms with Crippen LogP contribution in [0.5, 0.6) is 5.75 Å². The number of methoxy groups -OCH3 is 1. The van der Waals surface area contributed by atoms with Crippen LogP contribution in [-0.2, 0) is 11.8 Å². The normalized spacial score (nSPS) is 17.3. The third kappa shape index (κ3) is 2.25. The van der Waals surface area contributed by atoms with Crippen molar-refractivity contribution in [3.05, 3.63) is 59.7 Å². The third-order valence-corrected chi connectivity index (χ3v) is 5.60. The number of fused-ring (bicyclic) bond motifs is 3. The standard InChI is InChI=1S/C19H17NO2S/c1-20-16-9-4-3-8-14(16)18-15(11-17(21)23-19(18)20)12-6-5-7-13(10-12)22-2/h3-10,15H,11H2,1-2H3/t15-/m1/s1. The van der Waals surface area contributed by atoms with E-state index in [4.69, 9.17) is 4.74 Å². The minimum Gasteiger partial charge on any atom is -0.497 e. The molecule has 4 heteroatoms. The first-order valence-corrected chi connectivity index (χ1v) is 8.42. The van der Waals surface area contributed by atoms with Gasteiger partial charge in [-0.05, 0) is 35.5 Å². The molecule has 23 heavy (non-hydrogen) atoms. The quantitative estimate of drug-likeness (QED) is 0.703. The number of nitrogens with zero attached hydrogens (tertiary/aromatic N) is 1. The van der Waals surface area contributed by atoms with Gasteiger partial charge in [-0.3, -0.25) is 4.79 Å². The van der Waals surface area contributed by atoms with Gasteiger partial charge in [-0.2, -0.15) is 0 Å². The Bertz CT molecular complexity index is 913. The zero-order valence-electron chi connectivity index (χ0n) is 13.1. The molecule has 116 valence electrons. The Labute approximate surface area is 139 Å². The fourth-order valence-electron chi connectivity index (χ4n) is 3.42. The van der Waals surface area contributed by atoms with Gasteiger partial charge in [0.15, 0.2) is 5.12 Å². The number of carbonyl (C=O) groups is 1. The topological polar surface area (TPSA) is 31.2 Å². The summed E-state index contributed by atoms with van der Waals surface area (Å²) in [5, 5.41) is 2.52. The number of aromatic nitrogens is 1. The van der Waals surface area contributed by atoms with E-state index in [1.165, 1.54) is 28.2 Å². The van der Waals surface area contributed by atoms with Gasteiger partial charge < -0.3 is 9.30 Å². The fourth-order valence-corrected chi connectivity index (χ4v) is 4.48. The van der Waals surface area contributed by atoms with Crippen molar-refractivity contribution >= 4 is 27.8 Å². The van der Waals surface area contributed by atoms with Crippen LogP contribution in [0.3, 0.4) is 0 Å². The van der Waals surface area contributed by atoms with Gasteiger partial charge in [0.1, 0.15) is 5.75 Å². The van der Waals surface area contributed by atoms with Crippen LogP contribution in [0.15, 0.2) is 53.6 Å². The Balaban J connectivity index is 1.97. The molecule has 1 atom stereocenters. The van der Waals surface area contributed by atoms with Crippen LogP contribution < -0.4 is 4.74 Å². The zero-order valence-corrected chi connectivity index (χ0v) is 13.9. The molecule has 3 aromatic rings. The summed E-state index contributed by atoms with van der Waals surface area (Å²) in [7, 11) is 3.71. The van der Waals surface area contributed by atoms with Crippen LogP contribution in [0.4, 0.5) is 0 Å². The molecule has 0 fully saturated rings. The summed E-state index contributed by atoms with van der Waals surface area (Å²) in [6.45, 7) is 0. The molecule has 2 aromatic carbocycles. The number of thioether (sulfide) groups is 1. The average Bonchev–Trinajstić information content (AvgIpc) is 2.87. The van der Waals surface area contributed by atoms with Gasteiger partial charge in [-0.25, -0.2) is 0 Å². The molecule has 0 spiro atoms. The third-order valence-electron chi connectivity index (χ3n) is 4.52. The Hall–Kier alpha value is -2.20. The van der Waals surface area contributed by atoms with Crippen LogP contribution in [0.2, 0.25) is 0 Å². The second kappa shape index (κ2) is 5.46. The van der Waals surface area contributed by atoms with Crippen LogP contribution in [0, 0.1) is 0 Å². The summed E-state index contributed by atoms with van der Waals surface area (Å²) < 4.78 is 7.50. The highest BCUT2D eigenvalue weighted by molar-refractivity contribution is 8.13. The Morgan fingerprint density at radius 3 is 2.83 bits per heavy atom. The average molecular weight is 323 g/mol. The number of rotatable bonds is 2. The van der Waals surface area contributed by atoms with Crippen molar-refractivity contribution in [2.45, 2.75) is 17.4 Å². The lowest BCUT2D eigenvalue weighted by atomic mass is 9.88. The van der Waals surface area contributed by atoms with Crippen molar-refractivity contribution in [2.75, 3.05) is 7.11 Å². The highest BCUT2D eigenvalue weighted by Gasteiger charge is 2.32. The second-order valence-corrected chi connectivity index (χ2v) is 6.85. The second-order valence-electron chi connectivity index (χ2n) is 5.80. The van der Waals surface area contributed by atoms with Gasteiger partial charge in [0.25, 0.3) is 0 Å². The van der Waals surface area contributed by atoms with E-state index in [-0.39, 0.29) is 11.0 Å². The molecule has 3 nitrogen and oxygen atoms in total. The smallest absolute Gasteiger partial charge is 0.196 e. The number of benzene rings is 2. The number of ether oxygens (including phenoxy) is 1. The molecule has 2 heterocycles. The van der Waals surface area contributed by atoms with Crippen molar-refractivity contribution in [2.24, 2.45) is 7.05 Å². The number of hydrogen-bond donors (Lipinski definition) is 0. The lowest BCUT2D eigenvalue weighted by Crippen LogP contribution is -2.13. The minimum atomic E-state index is 0.0833. The van der Waals surface area contributed by atoms with Crippen LogP contribution in [-0.4, -0.2) is 16.8 Å². The lowest BCUT2D eigenvalue weighted by Gasteiger charge is -2.23. The molecule has 0 aliphatic carbocycles. The van der Waals surface area contributed by atoms with Crippen LogP contribution in [0.25, 0.3) is 10.9 Å². The summed E-state index contributed by atoms with van der Waals surface area (Å²) in [6.07, 6.45) is 0.527. The molecule has 0 radical (unpaired) electrons. The summed E-state index contributed by atoms with van der Waals surface area (Å²) >= 11 is 1.37. The Kier molecular flexibility index (Phi) is 3.42. The number of carbonyl (C=O) groups excluding carboxylic acids is 1. The largest absolute Gasteiger partial charge is 0.497 e. The predicted molar refractivity (Wildman–Crippen MR) is 93.2 cm³/mol. The van der Waals surface area contributed by atoms with Gasteiger partial charge in [-0.1, -0.05) is 30.3 Å². The maximum Gasteiger partial charge on any atom is 0.196 e. The highest BCUT2D eigenvalue weighted by Crippen LogP contribution is 2.47. The Morgan fingerprint density at radius 2 is 2.00 bits per heavy atom. The van der Waals surface area contributed by atoms with Crippen molar-refractivity contribution in [1.29, 1.82) is 0 Å². The van der Waals surface area contributed by atoms with E-state index in [0.29, 0.717) is 6.42 Å². The number of para-hydroxylation sites is 1. The molecule has 0 unspecified atom stereocenters. The summed E-state index contributed by atoms with van der Waals surface area (Å²) in [5.41, 5.74) is 3.57. The predicted octanol–water partition coefficient (Wildman–Crippen LogP) is 4.34. The molecule has 0 N–H and O–H groups in total. The molecule has 4 rings (SSSR count). The van der Waals surface area contributed by atoms with Crippen LogP contribution in [0.1, 0.15) is 23.5 Å². The fraction of sp³-hybridized carbons (Fsp3) is 0.211. The summed E-state index contributed by atoms with van der Waals surface area (Å²) in [6, 6.07) is 16.4. The minimum absolute atomic E-state index is 0.0833. The molecule has 1 aliphatic heterocycles. The first-order valence-electron chi connectivity index (χ1n) is 7.61. The van der Waals surface area contributed by atoms with Gasteiger partial charge in [-0.15, -0.1) is 0 Å². The number of aryl methyl sites for hydroxylation is 1. The molecule has 0 bridgehead atoms. The first-order chi connectivity index (χ1) is 11.2. The van der Waals surface area contributed by atoms with E-state index in [9.17, 15) is 4.79 Å². The van der Waals surface area contributed by atoms with E-state index in [0.717, 1.165) is 16.3 Å². The lowest BCUT2D eigenvalue weighted by molar-refractivity contribution is -0.111. The van der Waals surface area contributed by atoms with E-state index in [1.54, 1.807) is 7.11 Å². The number of hydrogen-bond acceptors (Lipinski definition) is 3.